The summed E-state index contributed by atoms with van der Waals surface area (Å²) in [7, 11) is 0. The zero-order chi connectivity index (χ0) is 12.3. The van der Waals surface area contributed by atoms with Gasteiger partial charge in [0, 0.05) is 25.2 Å². The van der Waals surface area contributed by atoms with E-state index in [9.17, 15) is 0 Å². The number of nitrogens with two attached hydrogens (primary N) is 1. The van der Waals surface area contributed by atoms with Gasteiger partial charge in [0.15, 0.2) is 0 Å². The summed E-state index contributed by atoms with van der Waals surface area (Å²) in [6, 6.07) is 1.21. The first-order valence-electron chi connectivity index (χ1n) is 7.42. The molecule has 0 aromatic heterocycles. The highest BCUT2D eigenvalue weighted by atomic mass is 15.2. The Hall–Kier alpha value is -0.120. The molecule has 2 fully saturated rings. The van der Waals surface area contributed by atoms with E-state index in [4.69, 9.17) is 5.73 Å². The predicted molar refractivity (Wildman–Crippen MR) is 73.1 cm³/mol. The van der Waals surface area contributed by atoms with E-state index in [1.807, 2.05) is 0 Å². The Morgan fingerprint density at radius 3 is 2.65 bits per heavy atom. The average Bonchev–Trinajstić information content (AvgIpc) is 2.54. The maximum Gasteiger partial charge on any atom is 0.0206 e. The van der Waals surface area contributed by atoms with Crippen molar-refractivity contribution in [3.05, 3.63) is 0 Å². The molecule has 2 saturated heterocycles. The zero-order valence-corrected chi connectivity index (χ0v) is 11.6. The monoisotopic (exact) mass is 239 g/mol. The second-order valence-corrected chi connectivity index (χ2v) is 6.02. The van der Waals surface area contributed by atoms with E-state index in [0.717, 1.165) is 12.6 Å². The first kappa shape index (κ1) is 13.3. The van der Waals surface area contributed by atoms with E-state index in [2.05, 4.69) is 23.6 Å². The van der Waals surface area contributed by atoms with Crippen LogP contribution in [-0.4, -0.2) is 54.6 Å². The number of hydrogen-bond acceptors (Lipinski definition) is 3. The molecule has 0 aromatic carbocycles. The Bertz CT molecular complexity index is 222. The van der Waals surface area contributed by atoms with Gasteiger partial charge in [-0.25, -0.2) is 0 Å². The fourth-order valence-electron chi connectivity index (χ4n) is 3.37. The third-order valence-corrected chi connectivity index (χ3v) is 4.55. The Kier molecular flexibility index (Phi) is 4.83. The standard InChI is InChI=1S/C14H29N3/c1-3-7-16-8-4-5-13(6-9-16)17-10-12(2)14(15)11-17/h12-14H,3-11,15H2,1-2H3. The van der Waals surface area contributed by atoms with Gasteiger partial charge in [0.25, 0.3) is 0 Å². The van der Waals surface area contributed by atoms with Crippen LogP contribution in [0.25, 0.3) is 0 Å². The summed E-state index contributed by atoms with van der Waals surface area (Å²) in [6.45, 7) is 10.8. The molecule has 2 rings (SSSR count). The van der Waals surface area contributed by atoms with Crippen molar-refractivity contribution in [2.75, 3.05) is 32.7 Å². The van der Waals surface area contributed by atoms with Crippen molar-refractivity contribution in [1.29, 1.82) is 0 Å². The van der Waals surface area contributed by atoms with Gasteiger partial charge in [0.1, 0.15) is 0 Å². The van der Waals surface area contributed by atoms with Crippen LogP contribution in [0.5, 0.6) is 0 Å². The summed E-state index contributed by atoms with van der Waals surface area (Å²) < 4.78 is 0. The quantitative estimate of drug-likeness (QED) is 0.811. The van der Waals surface area contributed by atoms with Crippen LogP contribution in [0.3, 0.4) is 0 Å². The lowest BCUT2D eigenvalue weighted by molar-refractivity contribution is 0.208. The van der Waals surface area contributed by atoms with Gasteiger partial charge in [-0.1, -0.05) is 13.8 Å². The first-order valence-corrected chi connectivity index (χ1v) is 7.42. The zero-order valence-electron chi connectivity index (χ0n) is 11.6. The molecule has 3 unspecified atom stereocenters. The SMILES string of the molecule is CCCN1CCCC(N2CC(C)C(N)C2)CC1. The van der Waals surface area contributed by atoms with Crippen LogP contribution in [-0.2, 0) is 0 Å². The summed E-state index contributed by atoms with van der Waals surface area (Å²) in [4.78, 5) is 5.30. The molecule has 0 spiro atoms. The molecule has 0 bridgehead atoms. The van der Waals surface area contributed by atoms with Gasteiger partial charge in [-0.05, 0) is 51.2 Å². The minimum atomic E-state index is 0.407. The van der Waals surface area contributed by atoms with Crippen LogP contribution in [0, 0.1) is 5.92 Å². The summed E-state index contributed by atoms with van der Waals surface area (Å²) in [6.07, 6.45) is 5.38. The Morgan fingerprint density at radius 1 is 1.18 bits per heavy atom. The number of rotatable bonds is 3. The van der Waals surface area contributed by atoms with Crippen molar-refractivity contribution in [2.45, 2.75) is 51.6 Å². The second-order valence-electron chi connectivity index (χ2n) is 6.02. The normalized spacial score (nSPS) is 37.2. The fraction of sp³-hybridized carbons (Fsp3) is 1.00. The summed E-state index contributed by atoms with van der Waals surface area (Å²) in [5.74, 6) is 0.685. The summed E-state index contributed by atoms with van der Waals surface area (Å²) >= 11 is 0. The molecule has 0 amide bonds. The van der Waals surface area contributed by atoms with Crippen LogP contribution >= 0.6 is 0 Å². The maximum absolute atomic E-state index is 6.14. The molecule has 3 heteroatoms. The van der Waals surface area contributed by atoms with Crippen molar-refractivity contribution >= 4 is 0 Å². The van der Waals surface area contributed by atoms with Gasteiger partial charge < -0.3 is 10.6 Å². The number of nitrogens with zero attached hydrogens (tertiary/aromatic N) is 2. The van der Waals surface area contributed by atoms with E-state index < -0.39 is 0 Å². The minimum Gasteiger partial charge on any atom is -0.326 e. The van der Waals surface area contributed by atoms with Crippen LogP contribution in [0.4, 0.5) is 0 Å². The fourth-order valence-corrected chi connectivity index (χ4v) is 3.37. The first-order chi connectivity index (χ1) is 8.20. The van der Waals surface area contributed by atoms with Crippen molar-refractivity contribution < 1.29 is 0 Å². The summed E-state index contributed by atoms with van der Waals surface area (Å²) in [5, 5.41) is 0. The van der Waals surface area contributed by atoms with E-state index >= 15 is 0 Å². The number of hydrogen-bond donors (Lipinski definition) is 1. The molecule has 2 aliphatic rings. The van der Waals surface area contributed by atoms with Crippen molar-refractivity contribution in [3.63, 3.8) is 0 Å². The van der Waals surface area contributed by atoms with Crippen molar-refractivity contribution in [1.82, 2.24) is 9.80 Å². The smallest absolute Gasteiger partial charge is 0.0206 e. The average molecular weight is 239 g/mol. The number of likely N-dealkylation sites (tertiary alicyclic amines) is 2. The molecule has 0 aliphatic carbocycles. The van der Waals surface area contributed by atoms with Gasteiger partial charge in [-0.15, -0.1) is 0 Å². The van der Waals surface area contributed by atoms with Crippen LogP contribution < -0.4 is 5.73 Å². The largest absolute Gasteiger partial charge is 0.326 e. The molecule has 17 heavy (non-hydrogen) atoms. The molecular weight excluding hydrogens is 210 g/mol. The molecule has 0 radical (unpaired) electrons. The Morgan fingerprint density at radius 2 is 2.00 bits per heavy atom. The molecule has 100 valence electrons. The van der Waals surface area contributed by atoms with Gasteiger partial charge in [0.2, 0.25) is 0 Å². The molecule has 3 atom stereocenters. The van der Waals surface area contributed by atoms with E-state index in [0.29, 0.717) is 12.0 Å². The van der Waals surface area contributed by atoms with Gasteiger partial charge in [-0.3, -0.25) is 4.90 Å². The highest BCUT2D eigenvalue weighted by Gasteiger charge is 2.31. The van der Waals surface area contributed by atoms with Crippen molar-refractivity contribution in [3.8, 4) is 0 Å². The van der Waals surface area contributed by atoms with Crippen molar-refractivity contribution in [2.24, 2.45) is 11.7 Å². The molecule has 2 aliphatic heterocycles. The van der Waals surface area contributed by atoms with Gasteiger partial charge >= 0.3 is 0 Å². The summed E-state index contributed by atoms with van der Waals surface area (Å²) in [5.41, 5.74) is 6.14. The minimum absolute atomic E-state index is 0.407. The second kappa shape index (κ2) is 6.17. The van der Waals surface area contributed by atoms with E-state index in [1.165, 1.54) is 51.9 Å². The molecular formula is C14H29N3. The Balaban J connectivity index is 1.82. The topological polar surface area (TPSA) is 32.5 Å². The van der Waals surface area contributed by atoms with Gasteiger partial charge in [0.05, 0.1) is 0 Å². The van der Waals surface area contributed by atoms with Crippen LogP contribution in [0.15, 0.2) is 0 Å². The predicted octanol–water partition coefficient (Wildman–Crippen LogP) is 1.53. The highest BCUT2D eigenvalue weighted by Crippen LogP contribution is 2.23. The maximum atomic E-state index is 6.14. The molecule has 0 aromatic rings. The van der Waals surface area contributed by atoms with Gasteiger partial charge in [-0.2, -0.15) is 0 Å². The highest BCUT2D eigenvalue weighted by molar-refractivity contribution is 4.89. The van der Waals surface area contributed by atoms with E-state index in [1.54, 1.807) is 0 Å². The third-order valence-electron chi connectivity index (χ3n) is 4.55. The third kappa shape index (κ3) is 3.43. The molecule has 0 saturated carbocycles. The molecule has 2 heterocycles. The Labute approximate surface area is 106 Å². The lowest BCUT2D eigenvalue weighted by Gasteiger charge is -2.26. The molecule has 2 N–H and O–H groups in total. The lowest BCUT2D eigenvalue weighted by atomic mass is 10.1. The van der Waals surface area contributed by atoms with Crippen LogP contribution in [0.2, 0.25) is 0 Å². The molecule has 3 nitrogen and oxygen atoms in total. The van der Waals surface area contributed by atoms with Crippen LogP contribution in [0.1, 0.15) is 39.5 Å². The lowest BCUT2D eigenvalue weighted by Crippen LogP contribution is -2.36. The van der Waals surface area contributed by atoms with E-state index in [-0.39, 0.29) is 0 Å².